The molecule has 4 heteroatoms. The first kappa shape index (κ1) is 14.7. The zero-order valence-corrected chi connectivity index (χ0v) is 12.7. The number of ketones is 1. The van der Waals surface area contributed by atoms with Crippen LogP contribution in [0.15, 0.2) is 30.3 Å². The highest BCUT2D eigenvalue weighted by molar-refractivity contribution is 6.30. The SMILES string of the molecule is CCOc1cccc(-n2c(C)cc(C(=O)CCl)c2C)c1. The van der Waals surface area contributed by atoms with Gasteiger partial charge in [-0.2, -0.15) is 0 Å². The molecule has 0 radical (unpaired) electrons. The van der Waals surface area contributed by atoms with Gasteiger partial charge in [-0.15, -0.1) is 11.6 Å². The summed E-state index contributed by atoms with van der Waals surface area (Å²) in [6.07, 6.45) is 0. The Morgan fingerprint density at radius 3 is 2.70 bits per heavy atom. The van der Waals surface area contributed by atoms with Gasteiger partial charge in [0, 0.05) is 28.7 Å². The van der Waals surface area contributed by atoms with Crippen molar-refractivity contribution < 1.29 is 9.53 Å². The van der Waals surface area contributed by atoms with Crippen molar-refractivity contribution in [1.29, 1.82) is 0 Å². The van der Waals surface area contributed by atoms with Crippen LogP contribution in [-0.2, 0) is 0 Å². The van der Waals surface area contributed by atoms with E-state index in [1.165, 1.54) is 0 Å². The van der Waals surface area contributed by atoms with Gasteiger partial charge < -0.3 is 9.30 Å². The Morgan fingerprint density at radius 1 is 1.30 bits per heavy atom. The van der Waals surface area contributed by atoms with Crippen molar-refractivity contribution in [1.82, 2.24) is 4.57 Å². The third-order valence-corrected chi connectivity index (χ3v) is 3.48. The molecule has 0 aliphatic heterocycles. The van der Waals surface area contributed by atoms with Gasteiger partial charge in [-0.25, -0.2) is 0 Å². The van der Waals surface area contributed by atoms with Gasteiger partial charge in [0.15, 0.2) is 5.78 Å². The number of carbonyl (C=O) groups is 1. The molecular formula is C16H18ClNO2. The van der Waals surface area contributed by atoms with Crippen LogP contribution in [0.3, 0.4) is 0 Å². The molecule has 0 saturated heterocycles. The van der Waals surface area contributed by atoms with E-state index in [9.17, 15) is 4.79 Å². The monoisotopic (exact) mass is 291 g/mol. The average Bonchev–Trinajstić information content (AvgIpc) is 2.74. The molecule has 0 atom stereocenters. The maximum Gasteiger partial charge on any atom is 0.179 e. The van der Waals surface area contributed by atoms with Crippen molar-refractivity contribution in [3.8, 4) is 11.4 Å². The van der Waals surface area contributed by atoms with Gasteiger partial charge in [-0.05, 0) is 39.0 Å². The first-order chi connectivity index (χ1) is 9.58. The minimum absolute atomic E-state index is 0.00325. The molecule has 0 spiro atoms. The van der Waals surface area contributed by atoms with E-state index in [-0.39, 0.29) is 11.7 Å². The number of hydrogen-bond donors (Lipinski definition) is 0. The summed E-state index contributed by atoms with van der Waals surface area (Å²) >= 11 is 5.65. The van der Waals surface area contributed by atoms with Gasteiger partial charge >= 0.3 is 0 Å². The van der Waals surface area contributed by atoms with Gasteiger partial charge in [0.05, 0.1) is 12.5 Å². The van der Waals surface area contributed by atoms with Crippen LogP contribution < -0.4 is 4.74 Å². The van der Waals surface area contributed by atoms with Gasteiger partial charge in [0.25, 0.3) is 0 Å². The van der Waals surface area contributed by atoms with Crippen LogP contribution in [0, 0.1) is 13.8 Å². The molecule has 106 valence electrons. The van der Waals surface area contributed by atoms with Crippen LogP contribution in [0.2, 0.25) is 0 Å². The van der Waals surface area contributed by atoms with Gasteiger partial charge in [0.2, 0.25) is 0 Å². The highest BCUT2D eigenvalue weighted by Gasteiger charge is 2.15. The Bertz CT molecular complexity index is 631. The fraction of sp³-hybridized carbons (Fsp3) is 0.312. The molecule has 0 N–H and O–H groups in total. The molecule has 1 aromatic heterocycles. The molecule has 0 saturated carbocycles. The van der Waals surface area contributed by atoms with E-state index >= 15 is 0 Å². The molecule has 1 heterocycles. The number of rotatable bonds is 5. The number of ether oxygens (including phenoxy) is 1. The van der Waals surface area contributed by atoms with Crippen LogP contribution in [0.5, 0.6) is 5.75 Å². The molecule has 0 aliphatic rings. The quantitative estimate of drug-likeness (QED) is 0.618. The number of halogens is 1. The van der Waals surface area contributed by atoms with Crippen LogP contribution in [0.4, 0.5) is 0 Å². The molecule has 0 aliphatic carbocycles. The van der Waals surface area contributed by atoms with E-state index in [1.54, 1.807) is 0 Å². The summed E-state index contributed by atoms with van der Waals surface area (Å²) in [7, 11) is 0. The number of nitrogens with zero attached hydrogens (tertiary/aromatic N) is 1. The second-order valence-electron chi connectivity index (χ2n) is 4.61. The topological polar surface area (TPSA) is 31.2 Å². The predicted molar refractivity (Wildman–Crippen MR) is 81.5 cm³/mol. The Hall–Kier alpha value is -1.74. The Labute approximate surface area is 124 Å². The number of aryl methyl sites for hydroxylation is 1. The first-order valence-corrected chi connectivity index (χ1v) is 7.13. The number of Topliss-reactive ketones (excluding diaryl/α,β-unsaturated/α-hetero) is 1. The largest absolute Gasteiger partial charge is 0.494 e. The molecule has 1 aromatic carbocycles. The number of hydrogen-bond acceptors (Lipinski definition) is 2. The molecule has 0 amide bonds. The van der Waals surface area contributed by atoms with E-state index in [0.29, 0.717) is 12.2 Å². The lowest BCUT2D eigenvalue weighted by molar-refractivity contribution is 0.102. The standard InChI is InChI=1S/C16H18ClNO2/c1-4-20-14-7-5-6-13(9-14)18-11(2)8-15(12(18)3)16(19)10-17/h5-9H,4,10H2,1-3H3. The molecule has 0 bridgehead atoms. The Balaban J connectivity index is 2.50. The lowest BCUT2D eigenvalue weighted by Crippen LogP contribution is -2.04. The van der Waals surface area contributed by atoms with Crippen molar-refractivity contribution in [2.75, 3.05) is 12.5 Å². The van der Waals surface area contributed by atoms with Crippen LogP contribution >= 0.6 is 11.6 Å². The van der Waals surface area contributed by atoms with Crippen molar-refractivity contribution in [2.24, 2.45) is 0 Å². The van der Waals surface area contributed by atoms with Gasteiger partial charge in [-0.3, -0.25) is 4.79 Å². The summed E-state index contributed by atoms with van der Waals surface area (Å²) in [4.78, 5) is 11.8. The highest BCUT2D eigenvalue weighted by Crippen LogP contribution is 2.24. The molecule has 2 aromatic rings. The highest BCUT2D eigenvalue weighted by atomic mass is 35.5. The van der Waals surface area contributed by atoms with E-state index in [4.69, 9.17) is 16.3 Å². The van der Waals surface area contributed by atoms with E-state index in [2.05, 4.69) is 0 Å². The minimum Gasteiger partial charge on any atom is -0.494 e. The fourth-order valence-electron chi connectivity index (χ4n) is 2.39. The Kier molecular flexibility index (Phi) is 4.50. The molecule has 3 nitrogen and oxygen atoms in total. The number of benzene rings is 1. The maximum absolute atomic E-state index is 11.8. The Morgan fingerprint density at radius 2 is 2.05 bits per heavy atom. The normalized spacial score (nSPS) is 10.6. The second kappa shape index (κ2) is 6.14. The van der Waals surface area contributed by atoms with E-state index in [0.717, 1.165) is 22.8 Å². The molecule has 0 unspecified atom stereocenters. The smallest absolute Gasteiger partial charge is 0.179 e. The van der Waals surface area contributed by atoms with Crippen molar-refractivity contribution >= 4 is 17.4 Å². The lowest BCUT2D eigenvalue weighted by atomic mass is 10.2. The number of alkyl halides is 1. The molecular weight excluding hydrogens is 274 g/mol. The van der Waals surface area contributed by atoms with Gasteiger partial charge in [-0.1, -0.05) is 6.07 Å². The van der Waals surface area contributed by atoms with Crippen LogP contribution in [-0.4, -0.2) is 22.8 Å². The third-order valence-electron chi connectivity index (χ3n) is 3.24. The summed E-state index contributed by atoms with van der Waals surface area (Å²) in [5.41, 5.74) is 3.57. The first-order valence-electron chi connectivity index (χ1n) is 6.59. The average molecular weight is 292 g/mol. The molecule has 2 rings (SSSR count). The molecule has 20 heavy (non-hydrogen) atoms. The van der Waals surface area contributed by atoms with Crippen molar-refractivity contribution in [2.45, 2.75) is 20.8 Å². The minimum atomic E-state index is -0.0491. The molecule has 0 fully saturated rings. The van der Waals surface area contributed by atoms with Crippen molar-refractivity contribution in [3.05, 3.63) is 47.3 Å². The summed E-state index contributed by atoms with van der Waals surface area (Å²) in [6.45, 7) is 6.49. The van der Waals surface area contributed by atoms with E-state index < -0.39 is 0 Å². The lowest BCUT2D eigenvalue weighted by Gasteiger charge is -2.11. The third kappa shape index (κ3) is 2.73. The zero-order chi connectivity index (χ0) is 14.7. The van der Waals surface area contributed by atoms with Crippen LogP contribution in [0.25, 0.3) is 5.69 Å². The fourth-order valence-corrected chi connectivity index (χ4v) is 2.54. The zero-order valence-electron chi connectivity index (χ0n) is 11.9. The summed E-state index contributed by atoms with van der Waals surface area (Å²) in [6, 6.07) is 9.72. The second-order valence-corrected chi connectivity index (χ2v) is 4.87. The predicted octanol–water partition coefficient (Wildman–Crippen LogP) is 3.91. The number of carbonyl (C=O) groups excluding carboxylic acids is 1. The number of aromatic nitrogens is 1. The summed E-state index contributed by atoms with van der Waals surface area (Å²) in [5, 5.41) is 0. The summed E-state index contributed by atoms with van der Waals surface area (Å²) in [5.74, 6) is 0.776. The van der Waals surface area contributed by atoms with Gasteiger partial charge in [0.1, 0.15) is 5.75 Å². The van der Waals surface area contributed by atoms with Crippen molar-refractivity contribution in [3.63, 3.8) is 0 Å². The van der Waals surface area contributed by atoms with E-state index in [1.807, 2.05) is 55.7 Å². The maximum atomic E-state index is 11.8. The van der Waals surface area contributed by atoms with Crippen LogP contribution in [0.1, 0.15) is 28.7 Å². The summed E-state index contributed by atoms with van der Waals surface area (Å²) < 4.78 is 7.57.